The van der Waals surface area contributed by atoms with Crippen molar-refractivity contribution in [3.05, 3.63) is 12.7 Å². The minimum Gasteiger partial charge on any atom is -0.377 e. The van der Waals surface area contributed by atoms with Gasteiger partial charge in [0.05, 0.1) is 24.3 Å². The van der Waals surface area contributed by atoms with Gasteiger partial charge in [0.1, 0.15) is 0 Å². The largest absolute Gasteiger partial charge is 0.377 e. The van der Waals surface area contributed by atoms with Gasteiger partial charge in [0.25, 0.3) is 0 Å². The fourth-order valence-electron chi connectivity index (χ4n) is 2.19. The summed E-state index contributed by atoms with van der Waals surface area (Å²) in [6, 6.07) is 0. The summed E-state index contributed by atoms with van der Waals surface area (Å²) in [5.41, 5.74) is -0.514. The van der Waals surface area contributed by atoms with Crippen LogP contribution in [0.3, 0.4) is 0 Å². The van der Waals surface area contributed by atoms with Gasteiger partial charge in [-0.1, -0.05) is 6.58 Å². The summed E-state index contributed by atoms with van der Waals surface area (Å²) in [5, 5.41) is 0. The number of carbonyl (C=O) groups is 1. The third-order valence-corrected chi connectivity index (χ3v) is 2.52. The van der Waals surface area contributed by atoms with Gasteiger partial charge in [-0.15, -0.1) is 0 Å². The van der Waals surface area contributed by atoms with E-state index in [-0.39, 0.29) is 17.0 Å². The summed E-state index contributed by atoms with van der Waals surface area (Å²) < 4.78 is 5.50. The highest BCUT2D eigenvalue weighted by Crippen LogP contribution is 2.30. The lowest BCUT2D eigenvalue weighted by molar-refractivity contribution is -0.161. The molecule has 0 aromatic heterocycles. The molecule has 1 fully saturated rings. The van der Waals surface area contributed by atoms with Gasteiger partial charge in [-0.3, -0.25) is 4.79 Å². The van der Waals surface area contributed by atoms with E-state index in [0.717, 1.165) is 0 Å². The topological polar surface area (TPSA) is 29.5 Å². The Bertz CT molecular complexity index is 240. The minimum absolute atomic E-state index is 0.0247. The molecular weight excluding hydrogens is 178 g/mol. The van der Waals surface area contributed by atoms with E-state index in [0.29, 0.717) is 13.2 Å². The van der Waals surface area contributed by atoms with Crippen LogP contribution in [0.15, 0.2) is 12.7 Å². The summed E-state index contributed by atoms with van der Waals surface area (Å²) in [6.45, 7) is 12.7. The standard InChI is InChI=1S/C11H19NO2/c1-6-9(13)12-10(2,3)7-14-8-11(12,4)5/h6H,1,7-8H2,2-5H3. The maximum atomic E-state index is 11.8. The molecule has 14 heavy (non-hydrogen) atoms. The Labute approximate surface area is 85.7 Å². The lowest BCUT2D eigenvalue weighted by Crippen LogP contribution is -2.65. The first-order valence-corrected chi connectivity index (χ1v) is 4.86. The number of morpholine rings is 1. The second-order valence-electron chi connectivity index (χ2n) is 5.00. The zero-order chi connectivity index (χ0) is 11.0. The zero-order valence-electron chi connectivity index (χ0n) is 9.46. The molecule has 1 heterocycles. The maximum Gasteiger partial charge on any atom is 0.247 e. The van der Waals surface area contributed by atoms with Gasteiger partial charge < -0.3 is 9.64 Å². The van der Waals surface area contributed by atoms with Gasteiger partial charge in [0.15, 0.2) is 0 Å². The molecule has 1 aliphatic rings. The molecular formula is C11H19NO2. The molecule has 0 radical (unpaired) electrons. The van der Waals surface area contributed by atoms with E-state index in [1.165, 1.54) is 6.08 Å². The van der Waals surface area contributed by atoms with Gasteiger partial charge in [-0.2, -0.15) is 0 Å². The number of rotatable bonds is 1. The number of carbonyl (C=O) groups excluding carboxylic acids is 1. The van der Waals surface area contributed by atoms with Crippen LogP contribution in [0.5, 0.6) is 0 Å². The van der Waals surface area contributed by atoms with Crippen LogP contribution < -0.4 is 0 Å². The van der Waals surface area contributed by atoms with Crippen molar-refractivity contribution >= 4 is 5.91 Å². The Hall–Kier alpha value is -0.830. The fourth-order valence-corrected chi connectivity index (χ4v) is 2.19. The van der Waals surface area contributed by atoms with E-state index in [9.17, 15) is 4.79 Å². The maximum absolute atomic E-state index is 11.8. The van der Waals surface area contributed by atoms with E-state index >= 15 is 0 Å². The van der Waals surface area contributed by atoms with E-state index in [1.54, 1.807) is 0 Å². The molecule has 3 heteroatoms. The molecule has 0 aromatic rings. The number of nitrogens with zero attached hydrogens (tertiary/aromatic N) is 1. The molecule has 0 atom stereocenters. The van der Waals surface area contributed by atoms with Gasteiger partial charge in [0, 0.05) is 0 Å². The average molecular weight is 197 g/mol. The summed E-state index contributed by atoms with van der Waals surface area (Å²) in [5.74, 6) is -0.0247. The molecule has 1 amide bonds. The molecule has 0 saturated carbocycles. The smallest absolute Gasteiger partial charge is 0.247 e. The number of ether oxygens (including phenoxy) is 1. The van der Waals surface area contributed by atoms with Gasteiger partial charge in [-0.05, 0) is 33.8 Å². The monoisotopic (exact) mass is 197 g/mol. The Balaban J connectivity index is 3.03. The molecule has 0 aromatic carbocycles. The van der Waals surface area contributed by atoms with Crippen molar-refractivity contribution < 1.29 is 9.53 Å². The van der Waals surface area contributed by atoms with Crippen LogP contribution in [0.4, 0.5) is 0 Å². The minimum atomic E-state index is -0.257. The SMILES string of the molecule is C=CC(=O)N1C(C)(C)COCC1(C)C. The predicted molar refractivity (Wildman–Crippen MR) is 56.0 cm³/mol. The highest BCUT2D eigenvalue weighted by Gasteiger charge is 2.44. The molecule has 0 N–H and O–H groups in total. The lowest BCUT2D eigenvalue weighted by Gasteiger charge is -2.51. The predicted octanol–water partition coefficient (Wildman–Crippen LogP) is 1.59. The highest BCUT2D eigenvalue weighted by molar-refractivity contribution is 5.88. The summed E-state index contributed by atoms with van der Waals surface area (Å²) in [4.78, 5) is 13.6. The first kappa shape index (κ1) is 11.2. The second-order valence-corrected chi connectivity index (χ2v) is 5.00. The van der Waals surface area contributed by atoms with Crippen molar-refractivity contribution in [2.24, 2.45) is 0 Å². The Morgan fingerprint density at radius 3 is 2.07 bits per heavy atom. The van der Waals surface area contributed by atoms with Gasteiger partial charge in [-0.25, -0.2) is 0 Å². The summed E-state index contributed by atoms with van der Waals surface area (Å²) in [6.07, 6.45) is 1.37. The third kappa shape index (κ3) is 1.82. The van der Waals surface area contributed by atoms with Crippen molar-refractivity contribution in [2.75, 3.05) is 13.2 Å². The molecule has 0 unspecified atom stereocenters. The lowest BCUT2D eigenvalue weighted by atomic mass is 9.91. The van der Waals surface area contributed by atoms with Crippen LogP contribution in [-0.2, 0) is 9.53 Å². The third-order valence-electron chi connectivity index (χ3n) is 2.52. The number of hydrogen-bond acceptors (Lipinski definition) is 2. The zero-order valence-corrected chi connectivity index (χ0v) is 9.46. The van der Waals surface area contributed by atoms with Crippen molar-refractivity contribution in [2.45, 2.75) is 38.8 Å². The van der Waals surface area contributed by atoms with E-state index < -0.39 is 0 Å². The van der Waals surface area contributed by atoms with E-state index in [4.69, 9.17) is 4.74 Å². The van der Waals surface area contributed by atoms with Crippen LogP contribution in [0.1, 0.15) is 27.7 Å². The van der Waals surface area contributed by atoms with Crippen LogP contribution in [0.2, 0.25) is 0 Å². The first-order valence-electron chi connectivity index (χ1n) is 4.86. The molecule has 1 aliphatic heterocycles. The van der Waals surface area contributed by atoms with Gasteiger partial charge in [0.2, 0.25) is 5.91 Å². The quantitative estimate of drug-likeness (QED) is 0.597. The molecule has 3 nitrogen and oxygen atoms in total. The van der Waals surface area contributed by atoms with Crippen molar-refractivity contribution in [1.82, 2.24) is 4.90 Å². The summed E-state index contributed by atoms with van der Waals surface area (Å²) in [7, 11) is 0. The van der Waals surface area contributed by atoms with Crippen molar-refractivity contribution in [1.29, 1.82) is 0 Å². The molecule has 1 rings (SSSR count). The van der Waals surface area contributed by atoms with Crippen LogP contribution in [0, 0.1) is 0 Å². The Morgan fingerprint density at radius 1 is 1.29 bits per heavy atom. The molecule has 0 bridgehead atoms. The first-order chi connectivity index (χ1) is 6.31. The highest BCUT2D eigenvalue weighted by atomic mass is 16.5. The van der Waals surface area contributed by atoms with Crippen molar-refractivity contribution in [3.8, 4) is 0 Å². The Kier molecular flexibility index (Phi) is 2.72. The van der Waals surface area contributed by atoms with Crippen molar-refractivity contribution in [3.63, 3.8) is 0 Å². The average Bonchev–Trinajstić information content (AvgIpc) is 2.00. The molecule has 0 spiro atoms. The normalized spacial score (nSPS) is 24.4. The number of hydrogen-bond donors (Lipinski definition) is 0. The summed E-state index contributed by atoms with van der Waals surface area (Å²) >= 11 is 0. The van der Waals surface area contributed by atoms with Crippen LogP contribution >= 0.6 is 0 Å². The van der Waals surface area contributed by atoms with E-state index in [1.807, 2.05) is 32.6 Å². The molecule has 80 valence electrons. The van der Waals surface area contributed by atoms with Gasteiger partial charge >= 0.3 is 0 Å². The second kappa shape index (κ2) is 3.39. The fraction of sp³-hybridized carbons (Fsp3) is 0.727. The Morgan fingerprint density at radius 2 is 1.71 bits per heavy atom. The molecule has 0 aliphatic carbocycles. The van der Waals surface area contributed by atoms with Crippen LogP contribution in [-0.4, -0.2) is 35.1 Å². The number of amides is 1. The molecule has 1 saturated heterocycles. The van der Waals surface area contributed by atoms with E-state index in [2.05, 4.69) is 6.58 Å². The van der Waals surface area contributed by atoms with Crippen LogP contribution in [0.25, 0.3) is 0 Å².